The van der Waals surface area contributed by atoms with Crippen molar-refractivity contribution in [2.24, 2.45) is 0 Å². The van der Waals surface area contributed by atoms with Crippen molar-refractivity contribution in [1.82, 2.24) is 4.98 Å². The van der Waals surface area contributed by atoms with Gasteiger partial charge in [0.25, 0.3) is 12.0 Å². The van der Waals surface area contributed by atoms with Crippen LogP contribution >= 0.6 is 22.6 Å². The highest BCUT2D eigenvalue weighted by Crippen LogP contribution is 2.20. The summed E-state index contributed by atoms with van der Waals surface area (Å²) in [7, 11) is 0. The molecule has 0 aromatic carbocycles. The van der Waals surface area contributed by atoms with Crippen LogP contribution in [0.3, 0.4) is 0 Å². The number of halogens is 3. The van der Waals surface area contributed by atoms with Gasteiger partial charge in [0.2, 0.25) is 0 Å². The lowest BCUT2D eigenvalue weighted by atomic mass is 10.2. The molecule has 0 aliphatic rings. The highest BCUT2D eigenvalue weighted by Gasteiger charge is 2.12. The van der Waals surface area contributed by atoms with Crippen LogP contribution in [0.4, 0.5) is 8.78 Å². The molecule has 1 heterocycles. The number of pyridine rings is 1. The molecule has 0 spiro atoms. The van der Waals surface area contributed by atoms with E-state index in [4.69, 9.17) is 0 Å². The molecule has 0 aliphatic heterocycles. The van der Waals surface area contributed by atoms with Gasteiger partial charge in [0.15, 0.2) is 0 Å². The van der Waals surface area contributed by atoms with Gasteiger partial charge in [-0.05, 0) is 35.6 Å². The molecule has 1 rings (SSSR count). The molecule has 0 saturated heterocycles. The number of nitrogens with one attached hydrogen (secondary N) is 1. The van der Waals surface area contributed by atoms with Crippen LogP contribution in [-0.2, 0) is 0 Å². The van der Waals surface area contributed by atoms with E-state index in [0.29, 0.717) is 0 Å². The zero-order valence-corrected chi connectivity index (χ0v) is 8.35. The number of aryl methyl sites for hydroxylation is 1. The Kier molecular flexibility index (Phi) is 2.81. The number of H-pyrrole nitrogens is 1. The second-order valence-corrected chi connectivity index (χ2v) is 3.49. The van der Waals surface area contributed by atoms with E-state index in [2.05, 4.69) is 4.98 Å². The second kappa shape index (κ2) is 3.51. The molecule has 0 aliphatic carbocycles. The average molecular weight is 285 g/mol. The molecule has 0 bridgehead atoms. The lowest BCUT2D eigenvalue weighted by Gasteiger charge is -2.03. The summed E-state index contributed by atoms with van der Waals surface area (Å²) in [5, 5.41) is 0. The maximum atomic E-state index is 12.2. The monoisotopic (exact) mass is 285 g/mol. The van der Waals surface area contributed by atoms with E-state index in [0.717, 1.165) is 0 Å². The van der Waals surface area contributed by atoms with Crippen molar-refractivity contribution in [2.45, 2.75) is 13.3 Å². The van der Waals surface area contributed by atoms with E-state index >= 15 is 0 Å². The fraction of sp³-hybridized carbons (Fsp3) is 0.286. The molecule has 66 valence electrons. The lowest BCUT2D eigenvalue weighted by molar-refractivity contribution is 0.150. The molecule has 0 amide bonds. The molecular weight excluding hydrogens is 279 g/mol. The molecule has 2 nitrogen and oxygen atoms in total. The zero-order valence-electron chi connectivity index (χ0n) is 6.20. The molecule has 1 N–H and O–H groups in total. The fourth-order valence-electron chi connectivity index (χ4n) is 0.839. The van der Waals surface area contributed by atoms with E-state index in [9.17, 15) is 13.6 Å². The van der Waals surface area contributed by atoms with Crippen molar-refractivity contribution >= 4 is 22.6 Å². The van der Waals surface area contributed by atoms with Crippen LogP contribution in [-0.4, -0.2) is 4.98 Å². The first-order valence-corrected chi connectivity index (χ1v) is 4.27. The van der Waals surface area contributed by atoms with Crippen LogP contribution in [0, 0.1) is 10.5 Å². The Morgan fingerprint density at radius 1 is 1.58 bits per heavy atom. The minimum Gasteiger partial charge on any atom is -0.325 e. The highest BCUT2D eigenvalue weighted by molar-refractivity contribution is 14.1. The van der Waals surface area contributed by atoms with Crippen LogP contribution in [0.15, 0.2) is 10.9 Å². The van der Waals surface area contributed by atoms with E-state index in [1.54, 1.807) is 22.6 Å². The standard InChI is InChI=1S/C7H6F2INO/c1-3-4(6(8)9)2-5(10)7(12)11-3/h2,6H,1H3,(H,11,12). The van der Waals surface area contributed by atoms with Gasteiger partial charge in [-0.2, -0.15) is 0 Å². The molecule has 12 heavy (non-hydrogen) atoms. The summed E-state index contributed by atoms with van der Waals surface area (Å²) >= 11 is 1.72. The van der Waals surface area contributed by atoms with Crippen molar-refractivity contribution < 1.29 is 8.78 Å². The summed E-state index contributed by atoms with van der Waals surface area (Å²) in [6.07, 6.45) is -2.53. The lowest BCUT2D eigenvalue weighted by Crippen LogP contribution is -2.12. The molecule has 1 aromatic heterocycles. The van der Waals surface area contributed by atoms with Crippen LogP contribution in [0.5, 0.6) is 0 Å². The smallest absolute Gasteiger partial charge is 0.265 e. The topological polar surface area (TPSA) is 32.9 Å². The van der Waals surface area contributed by atoms with Gasteiger partial charge in [-0.3, -0.25) is 4.79 Å². The summed E-state index contributed by atoms with van der Waals surface area (Å²) in [5.41, 5.74) is -0.202. The van der Waals surface area contributed by atoms with Gasteiger partial charge < -0.3 is 4.98 Å². The minimum absolute atomic E-state index is 0.112. The van der Waals surface area contributed by atoms with Crippen molar-refractivity contribution in [2.75, 3.05) is 0 Å². The highest BCUT2D eigenvalue weighted by atomic mass is 127. The first-order valence-electron chi connectivity index (χ1n) is 3.20. The van der Waals surface area contributed by atoms with Crippen LogP contribution in [0.2, 0.25) is 0 Å². The first-order chi connectivity index (χ1) is 5.52. The van der Waals surface area contributed by atoms with Crippen molar-refractivity contribution in [3.05, 3.63) is 31.2 Å². The molecule has 0 saturated carbocycles. The maximum absolute atomic E-state index is 12.2. The number of hydrogen-bond donors (Lipinski definition) is 1. The van der Waals surface area contributed by atoms with Crippen molar-refractivity contribution in [3.8, 4) is 0 Å². The predicted octanol–water partition coefficient (Wildman–Crippen LogP) is 2.23. The SMILES string of the molecule is Cc1[nH]c(=O)c(I)cc1C(F)F. The number of aromatic amines is 1. The average Bonchev–Trinajstić information content (AvgIpc) is 1.96. The normalized spacial score (nSPS) is 10.8. The summed E-state index contributed by atoms with van der Waals surface area (Å²) in [4.78, 5) is 13.3. The minimum atomic E-state index is -2.53. The van der Waals surface area contributed by atoms with Crippen molar-refractivity contribution in [1.29, 1.82) is 0 Å². The second-order valence-electron chi connectivity index (χ2n) is 2.33. The Labute approximate surface area is 81.1 Å². The largest absolute Gasteiger partial charge is 0.325 e. The molecule has 0 radical (unpaired) electrons. The molecule has 0 fully saturated rings. The Hall–Kier alpha value is -0.460. The summed E-state index contributed by atoms with van der Waals surface area (Å²) in [6.45, 7) is 1.46. The van der Waals surface area contributed by atoms with Gasteiger partial charge in [-0.15, -0.1) is 0 Å². The Balaban J connectivity index is 3.33. The van der Waals surface area contributed by atoms with Gasteiger partial charge in [0.1, 0.15) is 0 Å². The first kappa shape index (κ1) is 9.63. The third-order valence-corrected chi connectivity index (χ3v) is 2.27. The molecule has 5 heteroatoms. The molecule has 0 unspecified atom stereocenters. The van der Waals surface area contributed by atoms with Gasteiger partial charge in [-0.1, -0.05) is 0 Å². The number of hydrogen-bond acceptors (Lipinski definition) is 1. The maximum Gasteiger partial charge on any atom is 0.265 e. The van der Waals surface area contributed by atoms with E-state index < -0.39 is 6.43 Å². The summed E-state index contributed by atoms with van der Waals surface area (Å²) < 4.78 is 24.7. The van der Waals surface area contributed by atoms with Gasteiger partial charge >= 0.3 is 0 Å². The number of aromatic nitrogens is 1. The van der Waals surface area contributed by atoms with Crippen LogP contribution < -0.4 is 5.56 Å². The van der Waals surface area contributed by atoms with Gasteiger partial charge in [0, 0.05) is 11.3 Å². The van der Waals surface area contributed by atoms with E-state index in [-0.39, 0.29) is 20.4 Å². The Morgan fingerprint density at radius 2 is 2.17 bits per heavy atom. The zero-order chi connectivity index (χ0) is 9.30. The van der Waals surface area contributed by atoms with Crippen molar-refractivity contribution in [3.63, 3.8) is 0 Å². The predicted molar refractivity (Wildman–Crippen MR) is 49.5 cm³/mol. The Morgan fingerprint density at radius 3 is 2.67 bits per heavy atom. The Bertz CT molecular complexity index is 348. The van der Waals surface area contributed by atoms with Crippen LogP contribution in [0.25, 0.3) is 0 Å². The summed E-state index contributed by atoms with van der Waals surface area (Å²) in [5.74, 6) is 0. The third kappa shape index (κ3) is 1.82. The van der Waals surface area contributed by atoms with Crippen LogP contribution in [0.1, 0.15) is 17.7 Å². The number of alkyl halides is 2. The number of rotatable bonds is 1. The van der Waals surface area contributed by atoms with Gasteiger partial charge in [-0.25, -0.2) is 8.78 Å². The van der Waals surface area contributed by atoms with E-state index in [1.807, 2.05) is 0 Å². The molecule has 0 atom stereocenters. The van der Waals surface area contributed by atoms with E-state index in [1.165, 1.54) is 13.0 Å². The third-order valence-electron chi connectivity index (χ3n) is 1.47. The summed E-state index contributed by atoms with van der Waals surface area (Å²) in [6, 6.07) is 1.21. The quantitative estimate of drug-likeness (QED) is 0.788. The fourth-order valence-corrected chi connectivity index (χ4v) is 1.31. The molecular formula is C7H6F2INO. The van der Waals surface area contributed by atoms with Gasteiger partial charge in [0.05, 0.1) is 3.57 Å². The molecule has 1 aromatic rings.